The van der Waals surface area contributed by atoms with E-state index < -0.39 is 6.04 Å². The van der Waals surface area contributed by atoms with E-state index in [0.717, 1.165) is 11.1 Å². The molecule has 0 aliphatic rings. The number of nitrogens with two attached hydrogens (primary N) is 1. The molecule has 0 aliphatic carbocycles. The van der Waals surface area contributed by atoms with Crippen molar-refractivity contribution in [1.82, 2.24) is 0 Å². The number of aliphatic hydroxyl groups is 1. The van der Waals surface area contributed by atoms with Crippen LogP contribution in [0.2, 0.25) is 0 Å². The summed E-state index contributed by atoms with van der Waals surface area (Å²) in [6.45, 7) is 0.354. The smallest absolute Gasteiger partial charge is 0.123 e. The highest BCUT2D eigenvalue weighted by Gasteiger charge is 2.09. The Morgan fingerprint density at radius 2 is 1.80 bits per heavy atom. The number of ether oxygens (including phenoxy) is 2. The summed E-state index contributed by atoms with van der Waals surface area (Å²) in [5, 5.41) is 9.14. The lowest BCUT2D eigenvalue weighted by atomic mass is 10.1. The van der Waals surface area contributed by atoms with Gasteiger partial charge in [-0.3, -0.25) is 0 Å². The largest absolute Gasteiger partial charge is 0.497 e. The molecule has 0 aromatic heterocycles. The SMILES string of the molecule is COc1cc(OCc2ccccc2)cc(C(N)CO)c1. The van der Waals surface area contributed by atoms with E-state index in [-0.39, 0.29) is 6.61 Å². The van der Waals surface area contributed by atoms with E-state index in [1.165, 1.54) is 0 Å². The molecule has 0 spiro atoms. The average Bonchev–Trinajstić information content (AvgIpc) is 2.52. The molecule has 106 valence electrons. The fourth-order valence-electron chi connectivity index (χ4n) is 1.86. The molecule has 0 radical (unpaired) electrons. The van der Waals surface area contributed by atoms with Gasteiger partial charge in [-0.1, -0.05) is 30.3 Å². The Bertz CT molecular complexity index is 543. The van der Waals surface area contributed by atoms with Crippen molar-refractivity contribution in [3.63, 3.8) is 0 Å². The predicted octanol–water partition coefficient (Wildman–Crippen LogP) is 2.27. The highest BCUT2D eigenvalue weighted by Crippen LogP contribution is 2.26. The summed E-state index contributed by atoms with van der Waals surface area (Å²) >= 11 is 0. The molecule has 2 rings (SSSR count). The second kappa shape index (κ2) is 6.93. The lowest BCUT2D eigenvalue weighted by molar-refractivity contribution is 0.266. The van der Waals surface area contributed by atoms with Gasteiger partial charge >= 0.3 is 0 Å². The van der Waals surface area contributed by atoms with Crippen molar-refractivity contribution in [3.05, 3.63) is 59.7 Å². The van der Waals surface area contributed by atoms with Gasteiger partial charge in [-0.15, -0.1) is 0 Å². The van der Waals surface area contributed by atoms with E-state index >= 15 is 0 Å². The van der Waals surface area contributed by atoms with Crippen LogP contribution >= 0.6 is 0 Å². The molecule has 0 heterocycles. The summed E-state index contributed by atoms with van der Waals surface area (Å²) in [4.78, 5) is 0. The molecule has 0 saturated carbocycles. The molecule has 1 unspecified atom stereocenters. The minimum Gasteiger partial charge on any atom is -0.497 e. The summed E-state index contributed by atoms with van der Waals surface area (Å²) in [6.07, 6.45) is 0. The second-order valence-electron chi connectivity index (χ2n) is 4.51. The van der Waals surface area contributed by atoms with Crippen molar-refractivity contribution >= 4 is 0 Å². The Balaban J connectivity index is 2.14. The molecule has 1 atom stereocenters. The van der Waals surface area contributed by atoms with Crippen LogP contribution < -0.4 is 15.2 Å². The number of rotatable bonds is 6. The molecular formula is C16H19NO3. The van der Waals surface area contributed by atoms with E-state index in [9.17, 15) is 0 Å². The third-order valence-electron chi connectivity index (χ3n) is 3.01. The lowest BCUT2D eigenvalue weighted by Gasteiger charge is -2.14. The van der Waals surface area contributed by atoms with Gasteiger partial charge in [0.2, 0.25) is 0 Å². The zero-order valence-electron chi connectivity index (χ0n) is 11.5. The summed E-state index contributed by atoms with van der Waals surface area (Å²) in [5.74, 6) is 1.33. The van der Waals surface area contributed by atoms with Gasteiger partial charge in [-0.05, 0) is 23.3 Å². The van der Waals surface area contributed by atoms with Gasteiger partial charge in [0.05, 0.1) is 19.8 Å². The van der Waals surface area contributed by atoms with Gasteiger partial charge < -0.3 is 20.3 Å². The van der Waals surface area contributed by atoms with Gasteiger partial charge in [0.15, 0.2) is 0 Å². The minimum atomic E-state index is -0.441. The molecule has 2 aromatic carbocycles. The third kappa shape index (κ3) is 3.73. The van der Waals surface area contributed by atoms with Crippen molar-refractivity contribution in [3.8, 4) is 11.5 Å². The van der Waals surface area contributed by atoms with Crippen LogP contribution in [0.3, 0.4) is 0 Å². The maximum absolute atomic E-state index is 9.14. The Morgan fingerprint density at radius 3 is 2.45 bits per heavy atom. The molecule has 4 heteroatoms. The van der Waals surface area contributed by atoms with Crippen molar-refractivity contribution in [2.24, 2.45) is 5.73 Å². The van der Waals surface area contributed by atoms with Crippen molar-refractivity contribution in [2.75, 3.05) is 13.7 Å². The monoisotopic (exact) mass is 273 g/mol. The molecule has 2 aromatic rings. The molecule has 0 amide bonds. The molecule has 20 heavy (non-hydrogen) atoms. The van der Waals surface area contributed by atoms with Crippen LogP contribution in [0.25, 0.3) is 0 Å². The summed E-state index contributed by atoms with van der Waals surface area (Å²) in [5.41, 5.74) is 7.71. The Morgan fingerprint density at radius 1 is 1.10 bits per heavy atom. The highest BCUT2D eigenvalue weighted by molar-refractivity contribution is 5.40. The molecule has 0 bridgehead atoms. The fraction of sp³-hybridized carbons (Fsp3) is 0.250. The second-order valence-corrected chi connectivity index (χ2v) is 4.51. The zero-order chi connectivity index (χ0) is 14.4. The fourth-order valence-corrected chi connectivity index (χ4v) is 1.86. The van der Waals surface area contributed by atoms with Crippen LogP contribution in [0.5, 0.6) is 11.5 Å². The average molecular weight is 273 g/mol. The van der Waals surface area contributed by atoms with E-state index in [0.29, 0.717) is 18.1 Å². The minimum absolute atomic E-state index is 0.120. The molecule has 0 fully saturated rings. The van der Waals surface area contributed by atoms with Crippen LogP contribution in [0.15, 0.2) is 48.5 Å². The Labute approximate surface area is 118 Å². The number of aliphatic hydroxyl groups excluding tert-OH is 1. The van der Waals surface area contributed by atoms with Crippen molar-refractivity contribution in [2.45, 2.75) is 12.6 Å². The zero-order valence-corrected chi connectivity index (χ0v) is 11.5. The molecule has 0 saturated heterocycles. The quantitative estimate of drug-likeness (QED) is 0.847. The highest BCUT2D eigenvalue weighted by atomic mass is 16.5. The first-order valence-electron chi connectivity index (χ1n) is 6.45. The van der Waals surface area contributed by atoms with Gasteiger partial charge in [0, 0.05) is 6.07 Å². The van der Waals surface area contributed by atoms with Gasteiger partial charge in [0.25, 0.3) is 0 Å². The van der Waals surface area contributed by atoms with Crippen LogP contribution in [-0.4, -0.2) is 18.8 Å². The van der Waals surface area contributed by atoms with Crippen LogP contribution in [0.1, 0.15) is 17.2 Å². The third-order valence-corrected chi connectivity index (χ3v) is 3.01. The number of hydrogen-bond acceptors (Lipinski definition) is 4. The van der Waals surface area contributed by atoms with Gasteiger partial charge in [-0.2, -0.15) is 0 Å². The molecular weight excluding hydrogens is 254 g/mol. The van der Waals surface area contributed by atoms with E-state index in [4.69, 9.17) is 20.3 Å². The van der Waals surface area contributed by atoms with Crippen molar-refractivity contribution in [1.29, 1.82) is 0 Å². The normalized spacial score (nSPS) is 11.9. The van der Waals surface area contributed by atoms with E-state index in [1.54, 1.807) is 19.2 Å². The van der Waals surface area contributed by atoms with Crippen LogP contribution in [0.4, 0.5) is 0 Å². The maximum atomic E-state index is 9.14. The van der Waals surface area contributed by atoms with E-state index in [2.05, 4.69) is 0 Å². The van der Waals surface area contributed by atoms with Crippen LogP contribution in [-0.2, 0) is 6.61 Å². The first-order chi connectivity index (χ1) is 9.72. The topological polar surface area (TPSA) is 64.7 Å². The van der Waals surface area contributed by atoms with E-state index in [1.807, 2.05) is 36.4 Å². The number of hydrogen-bond donors (Lipinski definition) is 2. The van der Waals surface area contributed by atoms with Gasteiger partial charge in [0.1, 0.15) is 18.1 Å². The van der Waals surface area contributed by atoms with Gasteiger partial charge in [-0.25, -0.2) is 0 Å². The number of benzene rings is 2. The number of methoxy groups -OCH3 is 1. The first-order valence-corrected chi connectivity index (χ1v) is 6.45. The summed E-state index contributed by atoms with van der Waals surface area (Å²) in [6, 6.07) is 14.9. The molecule has 3 N–H and O–H groups in total. The summed E-state index contributed by atoms with van der Waals surface area (Å²) in [7, 11) is 1.59. The Hall–Kier alpha value is -2.04. The predicted molar refractivity (Wildman–Crippen MR) is 77.8 cm³/mol. The molecule has 0 aliphatic heterocycles. The molecule has 4 nitrogen and oxygen atoms in total. The summed E-state index contributed by atoms with van der Waals surface area (Å²) < 4.78 is 11.0. The maximum Gasteiger partial charge on any atom is 0.123 e. The van der Waals surface area contributed by atoms with Crippen molar-refractivity contribution < 1.29 is 14.6 Å². The van der Waals surface area contributed by atoms with Crippen LogP contribution in [0, 0.1) is 0 Å². The standard InChI is InChI=1S/C16H19NO3/c1-19-14-7-13(16(17)10-18)8-15(9-14)20-11-12-5-3-2-4-6-12/h2-9,16,18H,10-11,17H2,1H3. The first kappa shape index (κ1) is 14.4. The Kier molecular flexibility index (Phi) is 4.98. The lowest BCUT2D eigenvalue weighted by Crippen LogP contribution is -2.14.